The van der Waals surface area contributed by atoms with Crippen LogP contribution in [0.25, 0.3) is 0 Å². The van der Waals surface area contributed by atoms with Gasteiger partial charge in [0.25, 0.3) is 0 Å². The van der Waals surface area contributed by atoms with Crippen molar-refractivity contribution >= 4 is 0 Å². The van der Waals surface area contributed by atoms with Crippen LogP contribution in [0.2, 0.25) is 0 Å². The van der Waals surface area contributed by atoms with Crippen LogP contribution in [0.5, 0.6) is 0 Å². The minimum atomic E-state index is 0.918. The van der Waals surface area contributed by atoms with Crippen LogP contribution in [-0.2, 0) is 0 Å². The molecule has 0 spiro atoms. The summed E-state index contributed by atoms with van der Waals surface area (Å²) < 4.78 is 0. The Morgan fingerprint density at radius 3 is 2.36 bits per heavy atom. The Balaban J connectivity index is 1.68. The van der Waals surface area contributed by atoms with Crippen molar-refractivity contribution in [2.24, 2.45) is 29.4 Å². The molecule has 0 bridgehead atoms. The summed E-state index contributed by atoms with van der Waals surface area (Å²) in [6.07, 6.45) is 5.82. The molecule has 1 nitrogen and oxygen atoms in total. The maximum Gasteiger partial charge on any atom is -0.00460 e. The molecular weight excluding hydrogens is 134 g/mol. The summed E-state index contributed by atoms with van der Waals surface area (Å²) in [5.41, 5.74) is 5.61. The Morgan fingerprint density at radius 2 is 1.82 bits per heavy atom. The molecule has 0 aromatic carbocycles. The molecule has 0 aliphatic heterocycles. The molecule has 0 radical (unpaired) electrons. The van der Waals surface area contributed by atoms with Crippen LogP contribution >= 0.6 is 0 Å². The molecule has 2 aliphatic carbocycles. The average Bonchev–Trinajstić information content (AvgIpc) is 2.80. The lowest BCUT2D eigenvalue weighted by atomic mass is 10.1. The lowest BCUT2D eigenvalue weighted by Crippen LogP contribution is -2.03. The van der Waals surface area contributed by atoms with Gasteiger partial charge in [0.05, 0.1) is 0 Å². The summed E-state index contributed by atoms with van der Waals surface area (Å²) in [5.74, 6) is 4.17. The number of hydrogen-bond acceptors (Lipinski definition) is 1. The first-order valence-corrected chi connectivity index (χ1v) is 5.06. The van der Waals surface area contributed by atoms with Crippen molar-refractivity contribution in [3.8, 4) is 0 Å². The Bertz CT molecular complexity index is 144. The van der Waals surface area contributed by atoms with Crippen LogP contribution in [0.15, 0.2) is 0 Å². The SMILES string of the molecule is CCCC1CC1C1CC1CN. The third-order valence-corrected chi connectivity index (χ3v) is 3.47. The van der Waals surface area contributed by atoms with E-state index in [1.165, 1.54) is 25.7 Å². The van der Waals surface area contributed by atoms with Crippen molar-refractivity contribution in [3.63, 3.8) is 0 Å². The topological polar surface area (TPSA) is 26.0 Å². The van der Waals surface area contributed by atoms with Crippen molar-refractivity contribution in [2.75, 3.05) is 6.54 Å². The van der Waals surface area contributed by atoms with Gasteiger partial charge in [-0.05, 0) is 43.1 Å². The summed E-state index contributed by atoms with van der Waals surface area (Å²) in [4.78, 5) is 0. The van der Waals surface area contributed by atoms with Gasteiger partial charge in [-0.2, -0.15) is 0 Å². The molecule has 2 saturated carbocycles. The summed E-state index contributed by atoms with van der Waals surface area (Å²) in [6, 6.07) is 0. The molecule has 0 saturated heterocycles. The lowest BCUT2D eigenvalue weighted by molar-refractivity contribution is 0.553. The summed E-state index contributed by atoms with van der Waals surface area (Å²) in [6.45, 7) is 3.24. The second-order valence-corrected chi connectivity index (χ2v) is 4.34. The number of rotatable bonds is 4. The molecule has 2 N–H and O–H groups in total. The summed E-state index contributed by atoms with van der Waals surface area (Å²) in [7, 11) is 0. The molecule has 64 valence electrons. The molecule has 4 unspecified atom stereocenters. The van der Waals surface area contributed by atoms with E-state index in [1.54, 1.807) is 0 Å². The van der Waals surface area contributed by atoms with Crippen molar-refractivity contribution < 1.29 is 0 Å². The van der Waals surface area contributed by atoms with Gasteiger partial charge in [-0.25, -0.2) is 0 Å². The van der Waals surface area contributed by atoms with Crippen LogP contribution < -0.4 is 5.73 Å². The van der Waals surface area contributed by atoms with Gasteiger partial charge in [-0.1, -0.05) is 19.8 Å². The Labute approximate surface area is 69.4 Å². The number of hydrogen-bond donors (Lipinski definition) is 1. The standard InChI is InChI=1S/C10H19N/c1-2-3-7-4-9(7)10-5-8(10)6-11/h7-10H,2-6,11H2,1H3. The molecular formula is C10H19N. The van der Waals surface area contributed by atoms with Gasteiger partial charge in [0, 0.05) is 0 Å². The monoisotopic (exact) mass is 153 g/mol. The van der Waals surface area contributed by atoms with E-state index in [1.807, 2.05) is 0 Å². The van der Waals surface area contributed by atoms with E-state index >= 15 is 0 Å². The van der Waals surface area contributed by atoms with Gasteiger partial charge in [-0.15, -0.1) is 0 Å². The molecule has 11 heavy (non-hydrogen) atoms. The largest absolute Gasteiger partial charge is 0.330 e. The van der Waals surface area contributed by atoms with E-state index < -0.39 is 0 Å². The fourth-order valence-corrected chi connectivity index (χ4v) is 2.56. The third-order valence-electron chi connectivity index (χ3n) is 3.47. The lowest BCUT2D eigenvalue weighted by Gasteiger charge is -1.95. The van der Waals surface area contributed by atoms with E-state index in [-0.39, 0.29) is 0 Å². The molecule has 4 atom stereocenters. The Morgan fingerprint density at radius 1 is 1.18 bits per heavy atom. The highest BCUT2D eigenvalue weighted by Gasteiger charge is 2.51. The minimum Gasteiger partial charge on any atom is -0.330 e. The van der Waals surface area contributed by atoms with Crippen LogP contribution in [0, 0.1) is 23.7 Å². The summed E-state index contributed by atoms with van der Waals surface area (Å²) >= 11 is 0. The predicted octanol–water partition coefficient (Wildman–Crippen LogP) is 2.02. The first-order chi connectivity index (χ1) is 5.36. The second-order valence-electron chi connectivity index (χ2n) is 4.34. The van der Waals surface area contributed by atoms with Gasteiger partial charge in [-0.3, -0.25) is 0 Å². The van der Waals surface area contributed by atoms with Crippen LogP contribution in [0.1, 0.15) is 32.6 Å². The van der Waals surface area contributed by atoms with Crippen molar-refractivity contribution in [3.05, 3.63) is 0 Å². The zero-order chi connectivity index (χ0) is 7.84. The van der Waals surface area contributed by atoms with E-state index in [4.69, 9.17) is 5.73 Å². The Hall–Kier alpha value is -0.0400. The highest BCUT2D eigenvalue weighted by atomic mass is 14.7. The smallest absolute Gasteiger partial charge is 0.00460 e. The van der Waals surface area contributed by atoms with E-state index in [9.17, 15) is 0 Å². The average molecular weight is 153 g/mol. The van der Waals surface area contributed by atoms with Crippen molar-refractivity contribution in [1.29, 1.82) is 0 Å². The van der Waals surface area contributed by atoms with Crippen LogP contribution in [-0.4, -0.2) is 6.54 Å². The van der Waals surface area contributed by atoms with Gasteiger partial charge >= 0.3 is 0 Å². The highest BCUT2D eigenvalue weighted by molar-refractivity contribution is 5.01. The first-order valence-electron chi connectivity index (χ1n) is 5.06. The van der Waals surface area contributed by atoms with Gasteiger partial charge in [0.2, 0.25) is 0 Å². The normalized spacial score (nSPS) is 47.5. The van der Waals surface area contributed by atoms with Gasteiger partial charge in [0.15, 0.2) is 0 Å². The zero-order valence-electron chi connectivity index (χ0n) is 7.42. The third kappa shape index (κ3) is 1.44. The molecule has 0 aromatic heterocycles. The van der Waals surface area contributed by atoms with E-state index in [0.717, 1.165) is 30.2 Å². The van der Waals surface area contributed by atoms with E-state index in [0.29, 0.717) is 0 Å². The maximum absolute atomic E-state index is 5.61. The quantitative estimate of drug-likeness (QED) is 0.657. The van der Waals surface area contributed by atoms with Crippen molar-refractivity contribution in [1.82, 2.24) is 0 Å². The van der Waals surface area contributed by atoms with Crippen LogP contribution in [0.3, 0.4) is 0 Å². The van der Waals surface area contributed by atoms with E-state index in [2.05, 4.69) is 6.92 Å². The fourth-order valence-electron chi connectivity index (χ4n) is 2.56. The molecule has 2 aliphatic rings. The predicted molar refractivity (Wildman–Crippen MR) is 47.2 cm³/mol. The van der Waals surface area contributed by atoms with Gasteiger partial charge in [0.1, 0.15) is 0 Å². The molecule has 2 rings (SSSR count). The minimum absolute atomic E-state index is 0.918. The molecule has 0 amide bonds. The fraction of sp³-hybridized carbons (Fsp3) is 1.00. The zero-order valence-corrected chi connectivity index (χ0v) is 7.42. The molecule has 1 heteroatoms. The van der Waals surface area contributed by atoms with Crippen LogP contribution in [0.4, 0.5) is 0 Å². The molecule has 0 aromatic rings. The number of nitrogens with two attached hydrogens (primary N) is 1. The Kier molecular flexibility index (Phi) is 1.92. The highest BCUT2D eigenvalue weighted by Crippen LogP contribution is 2.58. The van der Waals surface area contributed by atoms with Gasteiger partial charge < -0.3 is 5.73 Å². The molecule has 2 fully saturated rings. The molecule has 0 heterocycles. The van der Waals surface area contributed by atoms with Crippen molar-refractivity contribution in [2.45, 2.75) is 32.6 Å². The summed E-state index contributed by atoms with van der Waals surface area (Å²) in [5, 5.41) is 0. The maximum atomic E-state index is 5.61. The second kappa shape index (κ2) is 2.78. The first kappa shape index (κ1) is 7.60.